The van der Waals surface area contributed by atoms with Gasteiger partial charge in [0.15, 0.2) is 0 Å². The first-order valence-corrected chi connectivity index (χ1v) is 9.16. The van der Waals surface area contributed by atoms with E-state index in [0.29, 0.717) is 53.9 Å². The van der Waals surface area contributed by atoms with Gasteiger partial charge in [0.1, 0.15) is 5.82 Å². The van der Waals surface area contributed by atoms with E-state index in [1.165, 1.54) is 4.90 Å². The van der Waals surface area contributed by atoms with Crippen LogP contribution in [0.1, 0.15) is 33.0 Å². The number of carbonyl (C=O) groups excluding carboxylic acids is 2. The summed E-state index contributed by atoms with van der Waals surface area (Å²) in [6.07, 6.45) is 0.639. The van der Waals surface area contributed by atoms with Gasteiger partial charge in [-0.2, -0.15) is 0 Å². The van der Waals surface area contributed by atoms with Gasteiger partial charge in [-0.05, 0) is 37.7 Å². The van der Waals surface area contributed by atoms with Crippen molar-refractivity contribution in [2.45, 2.75) is 13.0 Å². The van der Waals surface area contributed by atoms with Crippen LogP contribution in [0.3, 0.4) is 0 Å². The predicted molar refractivity (Wildman–Crippen MR) is 105 cm³/mol. The molecule has 2 heterocycles. The summed E-state index contributed by atoms with van der Waals surface area (Å²) < 4.78 is 0. The van der Waals surface area contributed by atoms with Crippen LogP contribution in [0.15, 0.2) is 53.3 Å². The summed E-state index contributed by atoms with van der Waals surface area (Å²) in [6, 6.07) is 14.1. The number of nitrogens with one attached hydrogen (secondary N) is 1. The maximum Gasteiger partial charge on any atom is 0.261 e. The van der Waals surface area contributed by atoms with Crippen LogP contribution in [0.5, 0.6) is 0 Å². The summed E-state index contributed by atoms with van der Waals surface area (Å²) in [5.74, 6) is 0.125. The molecule has 4 rings (SSSR count). The molecule has 142 valence electrons. The molecule has 2 aromatic carbocycles. The Morgan fingerprint density at radius 3 is 2.32 bits per heavy atom. The van der Waals surface area contributed by atoms with Crippen molar-refractivity contribution in [1.29, 1.82) is 0 Å². The Balaban J connectivity index is 1.36. The van der Waals surface area contributed by atoms with Crippen molar-refractivity contribution in [3.63, 3.8) is 0 Å². The highest BCUT2D eigenvalue weighted by Gasteiger charge is 2.34. The Morgan fingerprint density at radius 1 is 0.964 bits per heavy atom. The molecule has 0 saturated carbocycles. The van der Waals surface area contributed by atoms with E-state index in [9.17, 15) is 14.4 Å². The predicted octanol–water partition coefficient (Wildman–Crippen LogP) is 2.04. The van der Waals surface area contributed by atoms with E-state index in [4.69, 9.17) is 0 Å². The molecular weight excluding hydrogens is 356 g/mol. The number of nitrogens with zero attached hydrogens (tertiary/aromatic N) is 3. The van der Waals surface area contributed by atoms with Crippen LogP contribution in [0, 0.1) is 0 Å². The standard InChI is InChI=1S/C21H20N4O3/c1-24(13-18-22-17-10-5-4-9-16(17)19(26)23-18)11-6-12-25-20(27)14-7-2-3-8-15(14)21(25)28/h2-5,7-10H,6,11-13H2,1H3,(H,22,23,26). The molecule has 28 heavy (non-hydrogen) atoms. The number of carbonyl (C=O) groups is 2. The third kappa shape index (κ3) is 3.32. The number of hydrogen-bond donors (Lipinski definition) is 1. The maximum absolute atomic E-state index is 12.4. The molecule has 0 fully saturated rings. The molecule has 0 bridgehead atoms. The molecular formula is C21H20N4O3. The normalized spacial score (nSPS) is 13.6. The Morgan fingerprint density at radius 2 is 1.61 bits per heavy atom. The van der Waals surface area contributed by atoms with Crippen molar-refractivity contribution in [3.05, 3.63) is 75.8 Å². The van der Waals surface area contributed by atoms with Gasteiger partial charge in [-0.1, -0.05) is 24.3 Å². The molecule has 1 N–H and O–H groups in total. The molecule has 0 atom stereocenters. The van der Waals surface area contributed by atoms with E-state index >= 15 is 0 Å². The van der Waals surface area contributed by atoms with Crippen LogP contribution in [0.25, 0.3) is 10.9 Å². The lowest BCUT2D eigenvalue weighted by Gasteiger charge is -2.18. The Kier molecular flexibility index (Phi) is 4.75. The van der Waals surface area contributed by atoms with Gasteiger partial charge in [-0.3, -0.25) is 24.2 Å². The van der Waals surface area contributed by atoms with Crippen LogP contribution in [-0.4, -0.2) is 51.7 Å². The number of aromatic nitrogens is 2. The number of rotatable bonds is 6. The van der Waals surface area contributed by atoms with Crippen LogP contribution < -0.4 is 5.56 Å². The summed E-state index contributed by atoms with van der Waals surface area (Å²) in [5.41, 5.74) is 1.46. The van der Waals surface area contributed by atoms with Crippen molar-refractivity contribution < 1.29 is 9.59 Å². The molecule has 0 spiro atoms. The Bertz CT molecular complexity index is 1090. The highest BCUT2D eigenvalue weighted by Crippen LogP contribution is 2.22. The van der Waals surface area contributed by atoms with Crippen molar-refractivity contribution in [2.24, 2.45) is 0 Å². The van der Waals surface area contributed by atoms with Crippen molar-refractivity contribution in [1.82, 2.24) is 19.8 Å². The van der Waals surface area contributed by atoms with E-state index in [1.54, 1.807) is 30.3 Å². The second-order valence-electron chi connectivity index (χ2n) is 6.93. The van der Waals surface area contributed by atoms with Gasteiger partial charge in [0, 0.05) is 13.1 Å². The molecule has 2 amide bonds. The van der Waals surface area contributed by atoms with Crippen LogP contribution in [0.4, 0.5) is 0 Å². The quantitative estimate of drug-likeness (QED) is 0.666. The monoisotopic (exact) mass is 376 g/mol. The zero-order valence-electron chi connectivity index (χ0n) is 15.5. The molecule has 3 aromatic rings. The summed E-state index contributed by atoms with van der Waals surface area (Å²) in [7, 11) is 1.91. The minimum atomic E-state index is -0.233. The van der Waals surface area contributed by atoms with E-state index in [2.05, 4.69) is 9.97 Å². The molecule has 7 heteroatoms. The van der Waals surface area contributed by atoms with Crippen molar-refractivity contribution >= 4 is 22.7 Å². The summed E-state index contributed by atoms with van der Waals surface area (Å²) in [6.45, 7) is 1.49. The number of amides is 2. The smallest absolute Gasteiger partial charge is 0.261 e. The molecule has 0 saturated heterocycles. The van der Waals surface area contributed by atoms with Crippen LogP contribution >= 0.6 is 0 Å². The topological polar surface area (TPSA) is 86.4 Å². The number of benzene rings is 2. The number of imide groups is 1. The average molecular weight is 376 g/mol. The van der Waals surface area contributed by atoms with Gasteiger partial charge in [-0.15, -0.1) is 0 Å². The van der Waals surface area contributed by atoms with E-state index in [0.717, 1.165) is 0 Å². The van der Waals surface area contributed by atoms with Gasteiger partial charge >= 0.3 is 0 Å². The zero-order chi connectivity index (χ0) is 19.7. The molecule has 0 aliphatic carbocycles. The van der Waals surface area contributed by atoms with Gasteiger partial charge in [0.2, 0.25) is 0 Å². The molecule has 0 unspecified atom stereocenters. The first-order valence-electron chi connectivity index (χ1n) is 9.16. The van der Waals surface area contributed by atoms with Gasteiger partial charge in [0.25, 0.3) is 17.4 Å². The van der Waals surface area contributed by atoms with Crippen molar-refractivity contribution in [2.75, 3.05) is 20.1 Å². The summed E-state index contributed by atoms with van der Waals surface area (Å²) >= 11 is 0. The lowest BCUT2D eigenvalue weighted by atomic mass is 10.1. The number of fused-ring (bicyclic) bond motifs is 2. The number of H-pyrrole nitrogens is 1. The minimum absolute atomic E-state index is 0.153. The number of aromatic amines is 1. The Labute approximate surface area is 161 Å². The number of para-hydroxylation sites is 1. The van der Waals surface area contributed by atoms with Crippen LogP contribution in [-0.2, 0) is 6.54 Å². The summed E-state index contributed by atoms with van der Waals surface area (Å²) in [5, 5.41) is 0.569. The van der Waals surface area contributed by atoms with E-state index in [1.807, 2.05) is 30.1 Å². The van der Waals surface area contributed by atoms with Gasteiger partial charge in [-0.25, -0.2) is 4.98 Å². The highest BCUT2D eigenvalue weighted by atomic mass is 16.2. The lowest BCUT2D eigenvalue weighted by molar-refractivity contribution is 0.0648. The number of hydrogen-bond acceptors (Lipinski definition) is 5. The SMILES string of the molecule is CN(CCCN1C(=O)c2ccccc2C1=O)Cc1nc2ccccc2c(=O)[nH]1. The molecule has 1 aliphatic heterocycles. The molecule has 0 radical (unpaired) electrons. The maximum atomic E-state index is 12.4. The second kappa shape index (κ2) is 7.36. The van der Waals surface area contributed by atoms with Crippen LogP contribution in [0.2, 0.25) is 0 Å². The largest absolute Gasteiger partial charge is 0.309 e. The molecule has 1 aromatic heterocycles. The van der Waals surface area contributed by atoms with E-state index < -0.39 is 0 Å². The van der Waals surface area contributed by atoms with E-state index in [-0.39, 0.29) is 17.4 Å². The Hall–Kier alpha value is -3.32. The first-order chi connectivity index (χ1) is 13.5. The third-order valence-electron chi connectivity index (χ3n) is 4.88. The fraction of sp³-hybridized carbons (Fsp3) is 0.238. The highest BCUT2D eigenvalue weighted by molar-refractivity contribution is 6.21. The molecule has 7 nitrogen and oxygen atoms in total. The molecule has 1 aliphatic rings. The minimum Gasteiger partial charge on any atom is -0.309 e. The van der Waals surface area contributed by atoms with Crippen molar-refractivity contribution in [3.8, 4) is 0 Å². The summed E-state index contributed by atoms with van der Waals surface area (Å²) in [4.78, 5) is 47.5. The fourth-order valence-corrected chi connectivity index (χ4v) is 3.49. The zero-order valence-corrected chi connectivity index (χ0v) is 15.5. The third-order valence-corrected chi connectivity index (χ3v) is 4.88. The average Bonchev–Trinajstić information content (AvgIpc) is 2.93. The fourth-order valence-electron chi connectivity index (χ4n) is 3.49. The van der Waals surface area contributed by atoms with Gasteiger partial charge < -0.3 is 4.98 Å². The lowest BCUT2D eigenvalue weighted by Crippen LogP contribution is -2.33. The second-order valence-corrected chi connectivity index (χ2v) is 6.93. The first kappa shape index (κ1) is 18.1. The van der Waals surface area contributed by atoms with Gasteiger partial charge in [0.05, 0.1) is 28.6 Å².